The summed E-state index contributed by atoms with van der Waals surface area (Å²) in [6.45, 7) is 7.82. The Morgan fingerprint density at radius 2 is 1.93 bits per heavy atom. The molecule has 7 nitrogen and oxygen atoms in total. The first-order chi connectivity index (χ1) is 13.4. The molecule has 2 N–H and O–H groups in total. The van der Waals surface area contributed by atoms with Crippen molar-refractivity contribution in [1.29, 1.82) is 0 Å². The summed E-state index contributed by atoms with van der Waals surface area (Å²) in [4.78, 5) is 39.8. The van der Waals surface area contributed by atoms with Gasteiger partial charge in [-0.15, -0.1) is 5.10 Å². The van der Waals surface area contributed by atoms with Crippen LogP contribution < -0.4 is 10.7 Å². The lowest BCUT2D eigenvalue weighted by Gasteiger charge is -2.25. The predicted octanol–water partition coefficient (Wildman–Crippen LogP) is 2.51. The summed E-state index contributed by atoms with van der Waals surface area (Å²) < 4.78 is 0. The second-order valence-electron chi connectivity index (χ2n) is 8.06. The molecule has 0 bridgehead atoms. The summed E-state index contributed by atoms with van der Waals surface area (Å²) in [5.74, 6) is -0.408. The fourth-order valence-corrected chi connectivity index (χ4v) is 4.65. The van der Waals surface area contributed by atoms with Crippen molar-refractivity contribution in [3.8, 4) is 0 Å². The van der Waals surface area contributed by atoms with Gasteiger partial charge in [0.2, 0.25) is 11.7 Å². The van der Waals surface area contributed by atoms with Crippen LogP contribution >= 0.6 is 11.8 Å². The molecular formula is C20H34N4O3S. The number of ketones is 1. The summed E-state index contributed by atoms with van der Waals surface area (Å²) in [6.07, 6.45) is 6.41. The number of hydrogen-bond donors (Lipinski definition) is 2. The highest BCUT2D eigenvalue weighted by Gasteiger charge is 2.31. The fourth-order valence-electron chi connectivity index (χ4n) is 3.68. The Kier molecular flexibility index (Phi) is 9.28. The number of rotatable bonds is 9. The second-order valence-corrected chi connectivity index (χ2v) is 9.12. The molecule has 1 atom stereocenters. The average Bonchev–Trinajstić information content (AvgIpc) is 3.12. The van der Waals surface area contributed by atoms with Crippen molar-refractivity contribution in [2.75, 3.05) is 18.8 Å². The number of nitrogens with zero attached hydrogens (tertiary/aromatic N) is 2. The van der Waals surface area contributed by atoms with E-state index in [0.29, 0.717) is 6.42 Å². The highest BCUT2D eigenvalue weighted by Crippen LogP contribution is 2.24. The van der Waals surface area contributed by atoms with E-state index >= 15 is 0 Å². The number of thioether (sulfide) groups is 1. The maximum Gasteiger partial charge on any atom is 0.309 e. The molecular weight excluding hydrogens is 376 g/mol. The molecule has 2 fully saturated rings. The van der Waals surface area contributed by atoms with E-state index in [9.17, 15) is 14.4 Å². The highest BCUT2D eigenvalue weighted by atomic mass is 32.2. The van der Waals surface area contributed by atoms with Gasteiger partial charge in [0.05, 0.1) is 6.04 Å². The Balaban J connectivity index is 1.96. The molecule has 0 radical (unpaired) electrons. The number of Topliss-reactive ketones (excluding diaryl/α,β-unsaturated/α-hetero) is 1. The van der Waals surface area contributed by atoms with Gasteiger partial charge >= 0.3 is 5.91 Å². The minimum atomic E-state index is -0.794. The highest BCUT2D eigenvalue weighted by molar-refractivity contribution is 8.14. The van der Waals surface area contributed by atoms with Crippen LogP contribution in [0.2, 0.25) is 0 Å². The van der Waals surface area contributed by atoms with Crippen molar-refractivity contribution in [3.05, 3.63) is 0 Å². The molecule has 8 heteroatoms. The molecule has 1 aliphatic heterocycles. The molecule has 2 aliphatic rings. The summed E-state index contributed by atoms with van der Waals surface area (Å²) in [7, 11) is 0. The number of carbonyl (C=O) groups excluding carboxylic acids is 3. The average molecular weight is 411 g/mol. The van der Waals surface area contributed by atoms with Crippen molar-refractivity contribution in [2.24, 2.45) is 16.9 Å². The Morgan fingerprint density at radius 1 is 1.21 bits per heavy atom. The summed E-state index contributed by atoms with van der Waals surface area (Å²) in [5, 5.41) is 7.73. The van der Waals surface area contributed by atoms with Gasteiger partial charge in [-0.05, 0) is 31.6 Å². The van der Waals surface area contributed by atoms with Gasteiger partial charge in [-0.3, -0.25) is 14.4 Å². The van der Waals surface area contributed by atoms with Gasteiger partial charge < -0.3 is 10.2 Å². The van der Waals surface area contributed by atoms with Gasteiger partial charge in [0, 0.05) is 24.8 Å². The van der Waals surface area contributed by atoms with E-state index in [1.165, 1.54) is 0 Å². The molecule has 0 aromatic rings. The molecule has 28 heavy (non-hydrogen) atoms. The maximum absolute atomic E-state index is 12.7. The smallest absolute Gasteiger partial charge is 0.309 e. The number of nitrogens with one attached hydrogen (secondary N) is 2. The maximum atomic E-state index is 12.7. The Morgan fingerprint density at radius 3 is 2.57 bits per heavy atom. The third-order valence-corrected chi connectivity index (χ3v) is 6.14. The van der Waals surface area contributed by atoms with E-state index < -0.39 is 17.7 Å². The van der Waals surface area contributed by atoms with Crippen LogP contribution in [0.5, 0.6) is 0 Å². The number of amidine groups is 1. The van der Waals surface area contributed by atoms with Crippen LogP contribution in [0.15, 0.2) is 5.10 Å². The van der Waals surface area contributed by atoms with Crippen LogP contribution in [-0.2, 0) is 14.4 Å². The normalized spacial score (nSPS) is 20.4. The summed E-state index contributed by atoms with van der Waals surface area (Å²) in [6, 6.07) is -0.794. The lowest BCUT2D eigenvalue weighted by Crippen LogP contribution is -2.49. The van der Waals surface area contributed by atoms with E-state index in [4.69, 9.17) is 0 Å². The number of hydrogen-bond acceptors (Lipinski definition) is 5. The zero-order valence-corrected chi connectivity index (χ0v) is 18.1. The minimum absolute atomic E-state index is 0.0444. The monoisotopic (exact) mass is 410 g/mol. The van der Waals surface area contributed by atoms with Crippen LogP contribution in [0.25, 0.3) is 0 Å². The van der Waals surface area contributed by atoms with E-state index in [1.54, 1.807) is 11.8 Å². The van der Waals surface area contributed by atoms with Gasteiger partial charge in [0.15, 0.2) is 5.17 Å². The van der Waals surface area contributed by atoms with Crippen molar-refractivity contribution in [2.45, 2.75) is 71.8 Å². The zero-order chi connectivity index (χ0) is 20.5. The van der Waals surface area contributed by atoms with E-state index in [2.05, 4.69) is 27.7 Å². The second kappa shape index (κ2) is 11.4. The largest absolute Gasteiger partial charge is 0.349 e. The predicted molar refractivity (Wildman–Crippen MR) is 113 cm³/mol. The number of amides is 2. The topological polar surface area (TPSA) is 90.9 Å². The number of hydrazone groups is 1. The molecule has 158 valence electrons. The first-order valence-electron chi connectivity index (χ1n) is 10.5. The van der Waals surface area contributed by atoms with Crippen molar-refractivity contribution in [3.63, 3.8) is 0 Å². The molecule has 2 rings (SSSR count). The molecule has 1 heterocycles. The SMILES string of the molecule is CCCN1CCS/C1=N\NC(=O)C(=O)[C@H](CC(C)C)NC(=O)C1CCCCC1. The van der Waals surface area contributed by atoms with Crippen LogP contribution in [-0.4, -0.2) is 52.5 Å². The Hall–Kier alpha value is -1.57. The van der Waals surface area contributed by atoms with Crippen LogP contribution in [0.4, 0.5) is 0 Å². The standard InChI is InChI=1S/C20H34N4O3S/c1-4-10-24-11-12-28-20(24)23-22-19(27)17(25)16(13-14(2)3)21-18(26)15-8-6-5-7-9-15/h14-16H,4-13H2,1-3H3,(H,21,26)(H,22,27)/b23-20-/t16-/m0/s1. The van der Waals surface area contributed by atoms with Crippen LogP contribution in [0, 0.1) is 11.8 Å². The van der Waals surface area contributed by atoms with Crippen molar-refractivity contribution >= 4 is 34.5 Å². The van der Waals surface area contributed by atoms with Crippen LogP contribution in [0.3, 0.4) is 0 Å². The Bertz CT molecular complexity index is 588. The third-order valence-electron chi connectivity index (χ3n) is 5.15. The molecule has 0 aromatic heterocycles. The van der Waals surface area contributed by atoms with Gasteiger partial charge in [-0.1, -0.05) is 51.8 Å². The van der Waals surface area contributed by atoms with Crippen molar-refractivity contribution < 1.29 is 14.4 Å². The third kappa shape index (κ3) is 6.79. The quantitative estimate of drug-likeness (QED) is 0.450. The van der Waals surface area contributed by atoms with E-state index in [0.717, 1.165) is 62.5 Å². The van der Waals surface area contributed by atoms with Gasteiger partial charge in [0.1, 0.15) is 0 Å². The zero-order valence-electron chi connectivity index (χ0n) is 17.3. The molecule has 0 aromatic carbocycles. The lowest BCUT2D eigenvalue weighted by atomic mass is 9.88. The molecule has 1 saturated carbocycles. The molecule has 1 saturated heterocycles. The Labute approximate surface area is 172 Å². The van der Waals surface area contributed by atoms with Gasteiger partial charge in [-0.25, -0.2) is 5.43 Å². The summed E-state index contributed by atoms with van der Waals surface area (Å²) >= 11 is 1.57. The lowest BCUT2D eigenvalue weighted by molar-refractivity contribution is -0.140. The minimum Gasteiger partial charge on any atom is -0.349 e. The number of carbonyl (C=O) groups is 3. The van der Waals surface area contributed by atoms with Gasteiger partial charge in [0.25, 0.3) is 0 Å². The fraction of sp³-hybridized carbons (Fsp3) is 0.800. The first-order valence-corrected chi connectivity index (χ1v) is 11.5. The molecule has 1 aliphatic carbocycles. The van der Waals surface area contributed by atoms with Gasteiger partial charge in [-0.2, -0.15) is 0 Å². The molecule has 0 unspecified atom stereocenters. The molecule has 0 spiro atoms. The summed E-state index contributed by atoms with van der Waals surface area (Å²) in [5.41, 5.74) is 2.40. The van der Waals surface area contributed by atoms with E-state index in [1.807, 2.05) is 13.8 Å². The van der Waals surface area contributed by atoms with E-state index in [-0.39, 0.29) is 17.7 Å². The van der Waals surface area contributed by atoms with Crippen molar-refractivity contribution in [1.82, 2.24) is 15.6 Å². The van der Waals surface area contributed by atoms with Crippen LogP contribution in [0.1, 0.15) is 65.7 Å². The molecule has 2 amide bonds. The first kappa shape index (κ1) is 22.7.